The quantitative estimate of drug-likeness (QED) is 0.131. The van der Waals surface area contributed by atoms with Crippen LogP contribution >= 0.6 is 0 Å². The van der Waals surface area contributed by atoms with Gasteiger partial charge >= 0.3 is 0 Å². The van der Waals surface area contributed by atoms with Crippen LogP contribution in [0, 0.1) is 31.8 Å². The zero-order valence-electron chi connectivity index (χ0n) is 35.7. The van der Waals surface area contributed by atoms with Crippen LogP contribution in [-0.2, 0) is 30.9 Å². The van der Waals surface area contributed by atoms with E-state index in [9.17, 15) is 4.39 Å². The smallest absolute Gasteiger partial charge is 0.260 e. The molecule has 61 heavy (non-hydrogen) atoms. The molecule has 0 aliphatic carbocycles. The summed E-state index contributed by atoms with van der Waals surface area (Å²) >= 11 is 0. The van der Waals surface area contributed by atoms with Crippen molar-refractivity contribution in [3.05, 3.63) is 174 Å². The summed E-state index contributed by atoms with van der Waals surface area (Å²) in [5.74, 6) is 3.29. The molecule has 7 heteroatoms. The van der Waals surface area contributed by atoms with Crippen LogP contribution in [0.1, 0.15) is 63.8 Å². The third-order valence-electron chi connectivity index (χ3n) is 11.7. The van der Waals surface area contributed by atoms with E-state index in [1.807, 2.05) is 56.6 Å². The van der Waals surface area contributed by atoms with Gasteiger partial charge in [0.15, 0.2) is 0 Å². The van der Waals surface area contributed by atoms with E-state index in [-0.39, 0.29) is 43.5 Å². The molecule has 8 aromatic rings. The van der Waals surface area contributed by atoms with E-state index in [0.29, 0.717) is 0 Å². The average Bonchev–Trinajstić information content (AvgIpc) is 3.24. The van der Waals surface area contributed by atoms with Crippen molar-refractivity contribution in [2.75, 3.05) is 0 Å². The molecule has 0 saturated carbocycles. The van der Waals surface area contributed by atoms with Gasteiger partial charge in [0.2, 0.25) is 0 Å². The van der Waals surface area contributed by atoms with E-state index in [1.54, 1.807) is 6.07 Å². The maximum Gasteiger partial charge on any atom is 0.260 e. The first-order chi connectivity index (χ1) is 28.7. The van der Waals surface area contributed by atoms with Crippen molar-refractivity contribution in [1.29, 1.82) is 0 Å². The second-order valence-electron chi connectivity index (χ2n) is 18.0. The van der Waals surface area contributed by atoms with Gasteiger partial charge in [-0.1, -0.05) is 102 Å². The van der Waals surface area contributed by atoms with Crippen molar-refractivity contribution in [1.82, 2.24) is 9.97 Å². The predicted molar refractivity (Wildman–Crippen MR) is 244 cm³/mol. The van der Waals surface area contributed by atoms with Crippen LogP contribution < -0.4 is 25.9 Å². The molecular formula is C54H46BFIrN2O2-2. The summed E-state index contributed by atoms with van der Waals surface area (Å²) in [5.41, 5.74) is 14.2. The number of halogens is 1. The Morgan fingerprint density at radius 3 is 1.87 bits per heavy atom. The van der Waals surface area contributed by atoms with Gasteiger partial charge in [-0.25, -0.2) is 0 Å². The number of benzene rings is 6. The van der Waals surface area contributed by atoms with Gasteiger partial charge in [-0.2, -0.15) is 0 Å². The molecule has 0 bridgehead atoms. The number of hydrogen-bond donors (Lipinski definition) is 0. The summed E-state index contributed by atoms with van der Waals surface area (Å²) in [7, 11) is 0. The maximum absolute atomic E-state index is 12.7. The van der Waals surface area contributed by atoms with Crippen LogP contribution in [0.5, 0.6) is 23.0 Å². The Hall–Kier alpha value is -5.88. The average molecular weight is 977 g/mol. The number of rotatable bonds is 3. The Morgan fingerprint density at radius 2 is 1.26 bits per heavy atom. The molecule has 305 valence electrons. The van der Waals surface area contributed by atoms with E-state index in [0.717, 1.165) is 78.4 Å². The van der Waals surface area contributed by atoms with E-state index in [1.165, 1.54) is 39.7 Å². The second-order valence-corrected chi connectivity index (χ2v) is 18.0. The van der Waals surface area contributed by atoms with E-state index < -0.39 is 0 Å². The molecule has 2 aliphatic heterocycles. The van der Waals surface area contributed by atoms with E-state index in [2.05, 4.69) is 131 Å². The van der Waals surface area contributed by atoms with E-state index in [4.69, 9.17) is 14.5 Å². The number of ether oxygens (including phenoxy) is 2. The molecule has 2 aliphatic rings. The third-order valence-corrected chi connectivity index (χ3v) is 11.7. The van der Waals surface area contributed by atoms with Gasteiger partial charge in [-0.3, -0.25) is 4.39 Å². The van der Waals surface area contributed by atoms with Gasteiger partial charge in [0.05, 0.1) is 0 Å². The van der Waals surface area contributed by atoms with Gasteiger partial charge in [0.25, 0.3) is 6.71 Å². The molecule has 4 heterocycles. The first-order valence-corrected chi connectivity index (χ1v) is 20.5. The minimum absolute atomic E-state index is 0. The fourth-order valence-electron chi connectivity index (χ4n) is 8.00. The summed E-state index contributed by atoms with van der Waals surface area (Å²) in [6.45, 7) is 17.7. The van der Waals surface area contributed by atoms with Gasteiger partial charge in [0.1, 0.15) is 23.0 Å². The Labute approximate surface area is 372 Å². The first-order valence-electron chi connectivity index (χ1n) is 20.5. The molecule has 0 spiro atoms. The predicted octanol–water partition coefficient (Wildman–Crippen LogP) is 12.0. The monoisotopic (exact) mass is 977 g/mol. The van der Waals surface area contributed by atoms with Crippen LogP contribution in [0.2, 0.25) is 0 Å². The van der Waals surface area contributed by atoms with Gasteiger partial charge < -0.3 is 19.4 Å². The molecule has 4 nitrogen and oxygen atoms in total. The van der Waals surface area contributed by atoms with Crippen molar-refractivity contribution < 1.29 is 34.0 Å². The summed E-state index contributed by atoms with van der Waals surface area (Å²) in [6.07, 6.45) is 3.76. The summed E-state index contributed by atoms with van der Waals surface area (Å²) in [4.78, 5) is 9.03. The molecule has 0 N–H and O–H groups in total. The van der Waals surface area contributed by atoms with Crippen LogP contribution in [0.25, 0.3) is 44.4 Å². The van der Waals surface area contributed by atoms with Crippen molar-refractivity contribution in [2.24, 2.45) is 0 Å². The topological polar surface area (TPSA) is 44.2 Å². The Kier molecular flexibility index (Phi) is 11.1. The number of nitrogens with zero attached hydrogens (tertiary/aromatic N) is 2. The summed E-state index contributed by atoms with van der Waals surface area (Å²) in [6, 6.07) is 46.9. The Bertz CT molecular complexity index is 2890. The number of aryl methyl sites for hydroxylation is 2. The fraction of sp³-hybridized carbons (Fsp3) is 0.185. The van der Waals surface area contributed by atoms with Crippen molar-refractivity contribution in [2.45, 2.75) is 66.2 Å². The molecule has 0 amide bonds. The summed E-state index contributed by atoms with van der Waals surface area (Å²) in [5, 5.41) is 2.15. The van der Waals surface area contributed by atoms with Crippen LogP contribution in [0.15, 0.2) is 134 Å². The molecule has 10 rings (SSSR count). The van der Waals surface area contributed by atoms with Crippen molar-refractivity contribution >= 4 is 33.9 Å². The standard InChI is InChI=1S/C41H35BNO2.C13H11FN.Ir/c1-40(2,3)29-14-18-35-32(22-29)42-33-23-30(41(4,5)6)15-19-36(33)45-39-31-16-12-26(20-28(31)21-37(44-35)38(39)42)27-13-17-34(43-24-27)25-10-8-7-9-11-25;1-9-7-13(15-8-10(9)2)11-3-5-12(14)6-4-11;/h7-10,12-24H,1-6H3;3,5-8H,1-2H3;/q2*-1;. The molecule has 0 atom stereocenters. The Balaban J connectivity index is 0.000000272. The van der Waals surface area contributed by atoms with Gasteiger partial charge in [-0.05, 0) is 104 Å². The number of hydrogen-bond acceptors (Lipinski definition) is 4. The largest absolute Gasteiger partial charge is 0.458 e. The van der Waals surface area contributed by atoms with Crippen LogP contribution in [0.4, 0.5) is 4.39 Å². The molecular weight excluding hydrogens is 931 g/mol. The second kappa shape index (κ2) is 16.2. The zero-order chi connectivity index (χ0) is 41.9. The minimum atomic E-state index is -0.275. The molecule has 0 fully saturated rings. The molecule has 0 unspecified atom stereocenters. The molecule has 0 saturated heterocycles. The molecule has 2 aromatic heterocycles. The molecule has 6 aromatic carbocycles. The van der Waals surface area contributed by atoms with E-state index >= 15 is 0 Å². The number of aromatic nitrogens is 2. The number of pyridine rings is 2. The zero-order valence-corrected chi connectivity index (χ0v) is 38.1. The van der Waals surface area contributed by atoms with Gasteiger partial charge in [-0.15, -0.1) is 65.7 Å². The minimum Gasteiger partial charge on any atom is -0.458 e. The summed E-state index contributed by atoms with van der Waals surface area (Å²) < 4.78 is 26.3. The van der Waals surface area contributed by atoms with Crippen LogP contribution in [0.3, 0.4) is 0 Å². The van der Waals surface area contributed by atoms with Crippen LogP contribution in [-0.4, -0.2) is 16.7 Å². The SMILES string of the molecule is CC(C)(C)c1ccc2c(c1)B1c3cc(C(C)(C)C)ccc3Oc3c1c(cc1cc(-c4ccc(-c5[c-]cccc5)nc4)ccc31)O2.Cc1cnc(-c2[c-]cc(F)cc2)cc1C.[Ir]. The number of fused-ring (bicyclic) bond motifs is 6. The molecule has 1 radical (unpaired) electrons. The van der Waals surface area contributed by atoms with Gasteiger partial charge in [0, 0.05) is 49.2 Å². The fourth-order valence-corrected chi connectivity index (χ4v) is 8.00. The van der Waals surface area contributed by atoms with Crippen molar-refractivity contribution in [3.8, 4) is 56.6 Å². The van der Waals surface area contributed by atoms with Crippen molar-refractivity contribution in [3.63, 3.8) is 0 Å². The third kappa shape index (κ3) is 8.17. The normalized spacial score (nSPS) is 12.4. The Morgan fingerprint density at radius 1 is 0.590 bits per heavy atom. The maximum atomic E-state index is 12.7. The first kappa shape index (κ1) is 41.8.